The van der Waals surface area contributed by atoms with Crippen LogP contribution >= 0.6 is 43.5 Å². The largest absolute Gasteiger partial charge is 0.450 e. The molecule has 1 unspecified atom stereocenters. The fraction of sp³-hybridized carbons (Fsp3) is 0.167. The maximum Gasteiger partial charge on any atom is 0.183 e. The Morgan fingerprint density at radius 1 is 1.24 bits per heavy atom. The molecule has 0 saturated carbocycles. The smallest absolute Gasteiger partial charge is 0.183 e. The molecule has 1 atom stereocenters. The first-order valence-electron chi connectivity index (χ1n) is 4.93. The Hall–Kier alpha value is -0.290. The molecule has 17 heavy (non-hydrogen) atoms. The third-order valence-corrected chi connectivity index (χ3v) is 4.30. The number of hydrogen-bond acceptors (Lipinski definition) is 2. The molecule has 1 heterocycles. The number of rotatable bonds is 3. The predicted octanol–water partition coefficient (Wildman–Crippen LogP) is 4.73. The van der Waals surface area contributed by atoms with Crippen molar-refractivity contribution >= 4 is 43.5 Å². The molecule has 0 radical (unpaired) electrons. The van der Waals surface area contributed by atoms with E-state index in [1.54, 1.807) is 18.2 Å². The molecule has 0 spiro atoms. The lowest BCUT2D eigenvalue weighted by atomic mass is 10.1. The molecule has 0 bridgehead atoms. The van der Waals surface area contributed by atoms with E-state index in [1.807, 2.05) is 12.1 Å². The molecule has 90 valence electrons. The van der Waals surface area contributed by atoms with Crippen molar-refractivity contribution in [2.45, 2.75) is 12.5 Å². The second kappa shape index (κ2) is 5.57. The first-order chi connectivity index (χ1) is 8.06. The lowest BCUT2D eigenvalue weighted by molar-refractivity contribution is 0.149. The summed E-state index contributed by atoms with van der Waals surface area (Å²) in [4.78, 5) is 0. The van der Waals surface area contributed by atoms with Crippen LogP contribution in [-0.4, -0.2) is 5.11 Å². The normalized spacial score (nSPS) is 12.7. The first-order valence-corrected chi connectivity index (χ1v) is 6.90. The van der Waals surface area contributed by atoms with Crippen molar-refractivity contribution in [3.63, 3.8) is 0 Å². The fourth-order valence-electron chi connectivity index (χ4n) is 1.47. The van der Waals surface area contributed by atoms with Crippen LogP contribution in [0.1, 0.15) is 17.4 Å². The summed E-state index contributed by atoms with van der Waals surface area (Å²) in [6.45, 7) is 0. The van der Waals surface area contributed by atoms with Crippen molar-refractivity contribution in [3.8, 4) is 0 Å². The maximum absolute atomic E-state index is 10.0. The van der Waals surface area contributed by atoms with Crippen LogP contribution in [0.25, 0.3) is 0 Å². The average Bonchev–Trinajstić information content (AvgIpc) is 2.63. The minimum atomic E-state index is -0.668. The zero-order valence-corrected chi connectivity index (χ0v) is 12.6. The SMILES string of the molecule is OC(Cc1ccc(Cl)cc1)c1cc(Br)c(Br)o1. The van der Waals surface area contributed by atoms with E-state index in [4.69, 9.17) is 16.0 Å². The predicted molar refractivity (Wildman–Crippen MR) is 74.2 cm³/mol. The van der Waals surface area contributed by atoms with Crippen LogP contribution in [0, 0.1) is 0 Å². The van der Waals surface area contributed by atoms with Gasteiger partial charge >= 0.3 is 0 Å². The van der Waals surface area contributed by atoms with Crippen molar-refractivity contribution in [1.29, 1.82) is 0 Å². The van der Waals surface area contributed by atoms with Gasteiger partial charge in [-0.2, -0.15) is 0 Å². The van der Waals surface area contributed by atoms with Crippen LogP contribution in [0.4, 0.5) is 0 Å². The van der Waals surface area contributed by atoms with E-state index in [0.717, 1.165) is 10.0 Å². The van der Waals surface area contributed by atoms with Gasteiger partial charge in [-0.1, -0.05) is 23.7 Å². The molecule has 0 saturated heterocycles. The molecule has 1 N–H and O–H groups in total. The maximum atomic E-state index is 10.0. The Morgan fingerprint density at radius 3 is 2.41 bits per heavy atom. The van der Waals surface area contributed by atoms with Crippen LogP contribution in [0.2, 0.25) is 5.02 Å². The molecule has 0 aliphatic heterocycles. The van der Waals surface area contributed by atoms with Gasteiger partial charge in [0.05, 0.1) is 4.47 Å². The average molecular weight is 380 g/mol. The van der Waals surface area contributed by atoms with E-state index in [-0.39, 0.29) is 0 Å². The molecular formula is C12H9Br2ClO2. The standard InChI is InChI=1S/C12H9Br2ClO2/c13-9-6-11(17-12(9)14)10(16)5-7-1-3-8(15)4-2-7/h1-4,6,10,16H,5H2. The molecule has 0 aliphatic rings. The van der Waals surface area contributed by atoms with E-state index < -0.39 is 6.10 Å². The number of aliphatic hydroxyl groups excluding tert-OH is 1. The van der Waals surface area contributed by atoms with E-state index in [2.05, 4.69) is 31.9 Å². The van der Waals surface area contributed by atoms with Gasteiger partial charge in [0.15, 0.2) is 4.67 Å². The molecule has 2 aromatic rings. The number of aliphatic hydroxyl groups is 1. The minimum absolute atomic E-state index is 0.490. The highest BCUT2D eigenvalue weighted by molar-refractivity contribution is 9.13. The highest BCUT2D eigenvalue weighted by atomic mass is 79.9. The molecule has 2 nitrogen and oxygen atoms in total. The highest BCUT2D eigenvalue weighted by Crippen LogP contribution is 2.31. The summed E-state index contributed by atoms with van der Waals surface area (Å²) in [6.07, 6.45) is -0.178. The summed E-state index contributed by atoms with van der Waals surface area (Å²) >= 11 is 12.3. The third-order valence-electron chi connectivity index (χ3n) is 2.33. The van der Waals surface area contributed by atoms with E-state index in [1.165, 1.54) is 0 Å². The van der Waals surface area contributed by atoms with Crippen molar-refractivity contribution in [2.75, 3.05) is 0 Å². The first kappa shape index (κ1) is 13.1. The number of hydrogen-bond donors (Lipinski definition) is 1. The molecular weight excluding hydrogens is 371 g/mol. The summed E-state index contributed by atoms with van der Waals surface area (Å²) in [6, 6.07) is 9.14. The monoisotopic (exact) mass is 378 g/mol. The Labute approximate surface area is 121 Å². The van der Waals surface area contributed by atoms with Crippen LogP contribution in [-0.2, 0) is 6.42 Å². The Bertz CT molecular complexity index is 488. The second-order valence-electron chi connectivity index (χ2n) is 3.62. The molecule has 1 aromatic carbocycles. The molecule has 0 aliphatic carbocycles. The lowest BCUT2D eigenvalue weighted by Gasteiger charge is -2.07. The Balaban J connectivity index is 2.11. The van der Waals surface area contributed by atoms with Gasteiger partial charge in [-0.15, -0.1) is 0 Å². The summed E-state index contributed by atoms with van der Waals surface area (Å²) in [5.41, 5.74) is 1.01. The molecule has 2 rings (SSSR count). The van der Waals surface area contributed by atoms with Crippen molar-refractivity contribution < 1.29 is 9.52 Å². The summed E-state index contributed by atoms with van der Waals surface area (Å²) < 4.78 is 6.75. The van der Waals surface area contributed by atoms with Crippen LogP contribution < -0.4 is 0 Å². The highest BCUT2D eigenvalue weighted by Gasteiger charge is 2.15. The van der Waals surface area contributed by atoms with Gasteiger partial charge in [0, 0.05) is 11.4 Å². The van der Waals surface area contributed by atoms with Gasteiger partial charge in [0.1, 0.15) is 11.9 Å². The van der Waals surface area contributed by atoms with Crippen molar-refractivity contribution in [2.24, 2.45) is 0 Å². The fourth-order valence-corrected chi connectivity index (χ4v) is 2.21. The third kappa shape index (κ3) is 3.35. The van der Waals surface area contributed by atoms with E-state index in [9.17, 15) is 5.11 Å². The number of furan rings is 1. The molecule has 5 heteroatoms. The van der Waals surface area contributed by atoms with Crippen LogP contribution in [0.3, 0.4) is 0 Å². The number of halogens is 3. The Morgan fingerprint density at radius 2 is 1.88 bits per heavy atom. The molecule has 0 amide bonds. The van der Waals surface area contributed by atoms with Gasteiger partial charge < -0.3 is 9.52 Å². The zero-order valence-electron chi connectivity index (χ0n) is 8.66. The van der Waals surface area contributed by atoms with Crippen molar-refractivity contribution in [1.82, 2.24) is 0 Å². The van der Waals surface area contributed by atoms with E-state index >= 15 is 0 Å². The summed E-state index contributed by atoms with van der Waals surface area (Å²) in [7, 11) is 0. The van der Waals surface area contributed by atoms with Gasteiger partial charge in [-0.05, 0) is 55.6 Å². The number of benzene rings is 1. The van der Waals surface area contributed by atoms with Crippen LogP contribution in [0.5, 0.6) is 0 Å². The minimum Gasteiger partial charge on any atom is -0.450 e. The second-order valence-corrected chi connectivity index (χ2v) is 5.63. The lowest BCUT2D eigenvalue weighted by Crippen LogP contribution is -2.00. The topological polar surface area (TPSA) is 33.4 Å². The summed E-state index contributed by atoms with van der Waals surface area (Å²) in [5.74, 6) is 0.527. The van der Waals surface area contributed by atoms with Gasteiger partial charge in [-0.3, -0.25) is 0 Å². The Kier molecular flexibility index (Phi) is 4.31. The van der Waals surface area contributed by atoms with Gasteiger partial charge in [0.2, 0.25) is 0 Å². The van der Waals surface area contributed by atoms with Gasteiger partial charge in [-0.25, -0.2) is 0 Å². The van der Waals surface area contributed by atoms with Crippen LogP contribution in [0.15, 0.2) is 43.9 Å². The quantitative estimate of drug-likeness (QED) is 0.835. The molecule has 1 aromatic heterocycles. The van der Waals surface area contributed by atoms with E-state index in [0.29, 0.717) is 21.9 Å². The molecule has 0 fully saturated rings. The van der Waals surface area contributed by atoms with Gasteiger partial charge in [0.25, 0.3) is 0 Å². The van der Waals surface area contributed by atoms with Crippen molar-refractivity contribution in [3.05, 3.63) is 55.8 Å². The summed E-state index contributed by atoms with van der Waals surface area (Å²) in [5, 5.41) is 10.7. The zero-order chi connectivity index (χ0) is 12.4.